The standard InChI is InChI=1S/C19H23N9O/c1-29-19-8-16(22-12-23-19)28(14-2-3-14)15-4-6-26(7-5-15)17-9-20-10-18(25-17)27-13-21-11-24-27/h8-15H,2-7H2,1H3. The zero-order chi connectivity index (χ0) is 19.6. The van der Waals surface area contributed by atoms with Crippen LogP contribution in [0.3, 0.4) is 0 Å². The Kier molecular flexibility index (Phi) is 4.66. The number of aromatic nitrogens is 7. The number of piperidine rings is 1. The van der Waals surface area contributed by atoms with Crippen LogP contribution in [0.25, 0.3) is 5.82 Å². The molecule has 0 amide bonds. The average Bonchev–Trinajstić information content (AvgIpc) is 3.45. The Hall–Kier alpha value is -3.30. The van der Waals surface area contributed by atoms with E-state index >= 15 is 0 Å². The van der Waals surface area contributed by atoms with Crippen molar-refractivity contribution in [2.75, 3.05) is 30.0 Å². The predicted molar refractivity (Wildman–Crippen MR) is 106 cm³/mol. The molecule has 3 aromatic heterocycles. The molecule has 10 nitrogen and oxygen atoms in total. The summed E-state index contributed by atoms with van der Waals surface area (Å²) >= 11 is 0. The number of hydrogen-bond acceptors (Lipinski definition) is 9. The predicted octanol–water partition coefficient (Wildman–Crippen LogP) is 1.49. The largest absolute Gasteiger partial charge is 0.481 e. The Morgan fingerprint density at radius 2 is 1.76 bits per heavy atom. The molecular weight excluding hydrogens is 370 g/mol. The molecule has 4 heterocycles. The number of rotatable bonds is 6. The van der Waals surface area contributed by atoms with E-state index in [4.69, 9.17) is 9.72 Å². The van der Waals surface area contributed by atoms with Crippen LogP contribution < -0.4 is 14.5 Å². The maximum absolute atomic E-state index is 5.30. The Bertz CT molecular complexity index is 952. The molecule has 1 saturated carbocycles. The molecular formula is C19H23N9O. The summed E-state index contributed by atoms with van der Waals surface area (Å²) in [6.45, 7) is 1.84. The van der Waals surface area contributed by atoms with Gasteiger partial charge in [-0.05, 0) is 25.7 Å². The first-order valence-corrected chi connectivity index (χ1v) is 9.88. The van der Waals surface area contributed by atoms with Gasteiger partial charge >= 0.3 is 0 Å². The molecule has 0 atom stereocenters. The maximum atomic E-state index is 5.30. The van der Waals surface area contributed by atoms with Crippen molar-refractivity contribution in [2.45, 2.75) is 37.8 Å². The topological polar surface area (TPSA) is 98.0 Å². The Balaban J connectivity index is 1.30. The average molecular weight is 393 g/mol. The van der Waals surface area contributed by atoms with Gasteiger partial charge in [0, 0.05) is 31.2 Å². The van der Waals surface area contributed by atoms with E-state index in [1.54, 1.807) is 30.6 Å². The summed E-state index contributed by atoms with van der Waals surface area (Å²) in [4.78, 5) is 26.5. The molecule has 0 spiro atoms. The lowest BCUT2D eigenvalue weighted by molar-refractivity contribution is 0.395. The highest BCUT2D eigenvalue weighted by atomic mass is 16.5. The second kappa shape index (κ2) is 7.61. The van der Waals surface area contributed by atoms with Crippen LogP contribution in [0.4, 0.5) is 11.6 Å². The fraction of sp³-hybridized carbons (Fsp3) is 0.474. The summed E-state index contributed by atoms with van der Waals surface area (Å²) in [6, 6.07) is 2.96. The minimum atomic E-state index is 0.449. The zero-order valence-corrected chi connectivity index (χ0v) is 16.3. The van der Waals surface area contributed by atoms with E-state index < -0.39 is 0 Å². The van der Waals surface area contributed by atoms with Crippen molar-refractivity contribution in [1.82, 2.24) is 34.7 Å². The normalized spacial score (nSPS) is 17.3. The fourth-order valence-electron chi connectivity index (χ4n) is 3.92. The second-order valence-corrected chi connectivity index (χ2v) is 7.35. The third-order valence-electron chi connectivity index (χ3n) is 5.49. The van der Waals surface area contributed by atoms with Gasteiger partial charge in [0.15, 0.2) is 5.82 Å². The van der Waals surface area contributed by atoms with Gasteiger partial charge in [-0.25, -0.2) is 24.6 Å². The van der Waals surface area contributed by atoms with Crippen molar-refractivity contribution in [3.05, 3.63) is 37.4 Å². The first kappa shape index (κ1) is 17.8. The van der Waals surface area contributed by atoms with Crippen LogP contribution in [0.1, 0.15) is 25.7 Å². The highest BCUT2D eigenvalue weighted by Crippen LogP contribution is 2.36. The molecule has 1 aliphatic heterocycles. The SMILES string of the molecule is COc1cc(N(C2CC2)C2CCN(c3cncc(-n4cncn4)n3)CC2)ncn1. The van der Waals surface area contributed by atoms with E-state index in [9.17, 15) is 0 Å². The van der Waals surface area contributed by atoms with Gasteiger partial charge in [0.25, 0.3) is 0 Å². The summed E-state index contributed by atoms with van der Waals surface area (Å²) in [7, 11) is 1.64. The lowest BCUT2D eigenvalue weighted by atomic mass is 10.0. The number of nitrogens with zero attached hydrogens (tertiary/aromatic N) is 9. The molecule has 10 heteroatoms. The molecule has 150 valence electrons. The molecule has 0 aromatic carbocycles. The molecule has 0 bridgehead atoms. The van der Waals surface area contributed by atoms with Crippen molar-refractivity contribution in [3.8, 4) is 11.7 Å². The number of methoxy groups -OCH3 is 1. The zero-order valence-electron chi connectivity index (χ0n) is 16.3. The van der Waals surface area contributed by atoms with Crippen LogP contribution in [0, 0.1) is 0 Å². The van der Waals surface area contributed by atoms with Gasteiger partial charge < -0.3 is 14.5 Å². The van der Waals surface area contributed by atoms with Crippen molar-refractivity contribution < 1.29 is 4.74 Å². The van der Waals surface area contributed by atoms with Crippen molar-refractivity contribution in [2.24, 2.45) is 0 Å². The van der Waals surface area contributed by atoms with Crippen molar-refractivity contribution in [1.29, 1.82) is 0 Å². The molecule has 0 N–H and O–H groups in total. The molecule has 3 aromatic rings. The smallest absolute Gasteiger partial charge is 0.218 e. The van der Waals surface area contributed by atoms with Crippen LogP contribution in [0.2, 0.25) is 0 Å². The van der Waals surface area contributed by atoms with Gasteiger partial charge in [0.2, 0.25) is 5.88 Å². The Morgan fingerprint density at radius 1 is 0.966 bits per heavy atom. The number of ether oxygens (including phenoxy) is 1. The molecule has 2 fully saturated rings. The number of anilines is 2. The third kappa shape index (κ3) is 3.69. The van der Waals surface area contributed by atoms with E-state index in [-0.39, 0.29) is 0 Å². The van der Waals surface area contributed by atoms with Gasteiger partial charge in [0.05, 0.1) is 19.5 Å². The molecule has 29 heavy (non-hydrogen) atoms. The molecule has 1 saturated heterocycles. The Morgan fingerprint density at radius 3 is 2.48 bits per heavy atom. The first-order chi connectivity index (χ1) is 14.3. The maximum Gasteiger partial charge on any atom is 0.218 e. The van der Waals surface area contributed by atoms with E-state index in [1.807, 2.05) is 12.3 Å². The minimum Gasteiger partial charge on any atom is -0.481 e. The number of hydrogen-bond donors (Lipinski definition) is 0. The van der Waals surface area contributed by atoms with Gasteiger partial charge in [-0.2, -0.15) is 5.10 Å². The van der Waals surface area contributed by atoms with Gasteiger partial charge in [-0.15, -0.1) is 0 Å². The van der Waals surface area contributed by atoms with Crippen LogP contribution >= 0.6 is 0 Å². The van der Waals surface area contributed by atoms with Crippen LogP contribution in [0.5, 0.6) is 5.88 Å². The van der Waals surface area contributed by atoms with Crippen LogP contribution in [-0.4, -0.2) is 67.0 Å². The lowest BCUT2D eigenvalue weighted by Crippen LogP contribution is -2.46. The van der Waals surface area contributed by atoms with Gasteiger partial charge in [-0.3, -0.25) is 4.98 Å². The van der Waals surface area contributed by atoms with E-state index in [2.05, 4.69) is 34.8 Å². The third-order valence-corrected chi connectivity index (χ3v) is 5.49. The van der Waals surface area contributed by atoms with Gasteiger partial charge in [0.1, 0.15) is 30.6 Å². The highest BCUT2D eigenvalue weighted by molar-refractivity contribution is 5.46. The fourth-order valence-corrected chi connectivity index (χ4v) is 3.92. The molecule has 0 unspecified atom stereocenters. The minimum absolute atomic E-state index is 0.449. The highest BCUT2D eigenvalue weighted by Gasteiger charge is 2.36. The van der Waals surface area contributed by atoms with E-state index in [0.717, 1.165) is 37.6 Å². The van der Waals surface area contributed by atoms with Crippen LogP contribution in [0.15, 0.2) is 37.4 Å². The summed E-state index contributed by atoms with van der Waals surface area (Å²) in [5.41, 5.74) is 0. The quantitative estimate of drug-likeness (QED) is 0.617. The molecule has 1 aliphatic carbocycles. The molecule has 2 aliphatic rings. The van der Waals surface area contributed by atoms with Crippen LogP contribution in [-0.2, 0) is 0 Å². The lowest BCUT2D eigenvalue weighted by Gasteiger charge is -2.39. The summed E-state index contributed by atoms with van der Waals surface area (Å²) in [6.07, 6.45) is 12.7. The second-order valence-electron chi connectivity index (χ2n) is 7.35. The molecule has 0 radical (unpaired) electrons. The van der Waals surface area contributed by atoms with E-state index in [0.29, 0.717) is 23.8 Å². The first-order valence-electron chi connectivity index (χ1n) is 9.88. The van der Waals surface area contributed by atoms with Crippen molar-refractivity contribution in [3.63, 3.8) is 0 Å². The molecule has 5 rings (SSSR count). The Labute approximate surface area is 168 Å². The summed E-state index contributed by atoms with van der Waals surface area (Å²) < 4.78 is 6.92. The summed E-state index contributed by atoms with van der Waals surface area (Å²) in [5.74, 6) is 3.12. The monoisotopic (exact) mass is 393 g/mol. The van der Waals surface area contributed by atoms with Gasteiger partial charge in [-0.1, -0.05) is 0 Å². The van der Waals surface area contributed by atoms with Crippen molar-refractivity contribution >= 4 is 11.6 Å². The van der Waals surface area contributed by atoms with E-state index in [1.165, 1.54) is 19.2 Å². The summed E-state index contributed by atoms with van der Waals surface area (Å²) in [5, 5.41) is 4.14.